The van der Waals surface area contributed by atoms with Crippen molar-refractivity contribution >= 4 is 17.6 Å². The first-order valence-corrected chi connectivity index (χ1v) is 10.8. The van der Waals surface area contributed by atoms with Gasteiger partial charge in [0.05, 0.1) is 6.54 Å². The molecule has 8 heteroatoms. The van der Waals surface area contributed by atoms with Gasteiger partial charge in [0.2, 0.25) is 11.8 Å². The van der Waals surface area contributed by atoms with Gasteiger partial charge in [0.1, 0.15) is 18.5 Å². The molecule has 8 nitrogen and oxygen atoms in total. The van der Waals surface area contributed by atoms with Gasteiger partial charge >= 0.3 is 6.03 Å². The number of amides is 3. The average molecular weight is 424 g/mol. The Morgan fingerprint density at radius 1 is 1.10 bits per heavy atom. The first-order chi connectivity index (χ1) is 14.9. The molecule has 31 heavy (non-hydrogen) atoms. The molecule has 4 rings (SSSR count). The van der Waals surface area contributed by atoms with Crippen molar-refractivity contribution < 1.29 is 14.3 Å². The molecule has 0 aliphatic carbocycles. The number of ether oxygens (including phenoxy) is 1. The largest absolute Gasteiger partial charge is 0.472 e. The number of urea groups is 1. The standard InChI is InChI=1S/C23H29N5O3/c1-16-6-8-19(9-7-16)28-12-11-27(23(28)30)15-22(29)26-10-4-5-20(14-26)31-21-13-17(2)24-18(3)25-21/h6-9,13,20H,4-5,10-12,14-15H2,1-3H3. The number of likely N-dealkylation sites (tertiary alicyclic amines) is 1. The van der Waals surface area contributed by atoms with Crippen LogP contribution in [0.4, 0.5) is 10.5 Å². The van der Waals surface area contributed by atoms with Gasteiger partial charge in [-0.3, -0.25) is 9.69 Å². The summed E-state index contributed by atoms with van der Waals surface area (Å²) in [5.74, 6) is 1.18. The summed E-state index contributed by atoms with van der Waals surface area (Å²) in [6.45, 7) is 8.19. The lowest BCUT2D eigenvalue weighted by atomic mass is 10.1. The minimum absolute atomic E-state index is 0.0394. The van der Waals surface area contributed by atoms with Crippen LogP contribution in [-0.4, -0.2) is 70.5 Å². The average Bonchev–Trinajstić information content (AvgIpc) is 3.08. The maximum Gasteiger partial charge on any atom is 0.325 e. The third-order valence-electron chi connectivity index (χ3n) is 5.73. The van der Waals surface area contributed by atoms with Crippen molar-refractivity contribution in [1.82, 2.24) is 19.8 Å². The summed E-state index contributed by atoms with van der Waals surface area (Å²) in [6.07, 6.45) is 1.63. The van der Waals surface area contributed by atoms with Gasteiger partial charge in [-0.25, -0.2) is 9.78 Å². The van der Waals surface area contributed by atoms with Crippen LogP contribution in [0, 0.1) is 20.8 Å². The molecule has 0 spiro atoms. The minimum atomic E-state index is -0.117. The third-order valence-corrected chi connectivity index (χ3v) is 5.73. The van der Waals surface area contributed by atoms with Gasteiger partial charge in [0, 0.05) is 37.1 Å². The molecule has 2 fully saturated rings. The lowest BCUT2D eigenvalue weighted by Crippen LogP contribution is -2.48. The van der Waals surface area contributed by atoms with E-state index < -0.39 is 0 Å². The molecule has 2 aliphatic rings. The first kappa shape index (κ1) is 21.1. The second kappa shape index (κ2) is 8.91. The lowest BCUT2D eigenvalue weighted by Gasteiger charge is -2.33. The van der Waals surface area contributed by atoms with Crippen LogP contribution < -0.4 is 9.64 Å². The summed E-state index contributed by atoms with van der Waals surface area (Å²) in [4.78, 5) is 39.5. The van der Waals surface area contributed by atoms with E-state index in [2.05, 4.69) is 9.97 Å². The van der Waals surface area contributed by atoms with E-state index in [0.717, 1.165) is 29.8 Å². The fourth-order valence-corrected chi connectivity index (χ4v) is 4.13. The van der Waals surface area contributed by atoms with Crippen molar-refractivity contribution in [2.24, 2.45) is 0 Å². The normalized spacial score (nSPS) is 19.1. The maximum absolute atomic E-state index is 12.9. The van der Waals surface area contributed by atoms with Gasteiger partial charge in [-0.2, -0.15) is 4.98 Å². The predicted octanol–water partition coefficient (Wildman–Crippen LogP) is 2.71. The topological polar surface area (TPSA) is 78.9 Å². The van der Waals surface area contributed by atoms with Crippen molar-refractivity contribution in [3.8, 4) is 5.88 Å². The number of benzene rings is 1. The van der Waals surface area contributed by atoms with Gasteiger partial charge in [-0.15, -0.1) is 0 Å². The van der Waals surface area contributed by atoms with Crippen molar-refractivity contribution in [2.45, 2.75) is 39.7 Å². The number of rotatable bonds is 5. The van der Waals surface area contributed by atoms with Crippen molar-refractivity contribution in [2.75, 3.05) is 37.6 Å². The zero-order valence-electron chi connectivity index (χ0n) is 18.4. The Morgan fingerprint density at radius 3 is 2.61 bits per heavy atom. The number of nitrogens with zero attached hydrogens (tertiary/aromatic N) is 5. The Bertz CT molecular complexity index is 942. The summed E-state index contributed by atoms with van der Waals surface area (Å²) < 4.78 is 6.04. The molecule has 1 aromatic heterocycles. The highest BCUT2D eigenvalue weighted by molar-refractivity contribution is 5.96. The molecule has 0 saturated carbocycles. The molecular formula is C23H29N5O3. The molecule has 2 aliphatic heterocycles. The van der Waals surface area contributed by atoms with E-state index in [1.807, 2.05) is 51.1 Å². The van der Waals surface area contributed by atoms with Gasteiger partial charge < -0.3 is 14.5 Å². The Balaban J connectivity index is 1.34. The molecule has 0 N–H and O–H groups in total. The highest BCUT2D eigenvalue weighted by Crippen LogP contribution is 2.22. The van der Waals surface area contributed by atoms with Crippen LogP contribution in [0.2, 0.25) is 0 Å². The monoisotopic (exact) mass is 423 g/mol. The van der Waals surface area contributed by atoms with Crippen LogP contribution in [0.1, 0.15) is 29.9 Å². The smallest absolute Gasteiger partial charge is 0.325 e. The minimum Gasteiger partial charge on any atom is -0.472 e. The molecule has 2 aromatic rings. The fraction of sp³-hybridized carbons (Fsp3) is 0.478. The molecule has 1 aromatic carbocycles. The lowest BCUT2D eigenvalue weighted by molar-refractivity contribution is -0.134. The summed E-state index contributed by atoms with van der Waals surface area (Å²) >= 11 is 0. The van der Waals surface area contributed by atoms with Gasteiger partial charge in [-0.1, -0.05) is 17.7 Å². The number of hydrogen-bond donors (Lipinski definition) is 0. The zero-order chi connectivity index (χ0) is 22.0. The second-order valence-corrected chi connectivity index (χ2v) is 8.31. The quantitative estimate of drug-likeness (QED) is 0.739. The van der Waals surface area contributed by atoms with Crippen LogP contribution in [-0.2, 0) is 4.79 Å². The van der Waals surface area contributed by atoms with Crippen molar-refractivity contribution in [3.05, 3.63) is 47.4 Å². The molecule has 3 heterocycles. The molecule has 0 bridgehead atoms. The van der Waals surface area contributed by atoms with Gasteiger partial charge in [-0.05, 0) is 45.7 Å². The molecule has 1 unspecified atom stereocenters. The van der Waals surface area contributed by atoms with E-state index in [-0.39, 0.29) is 24.6 Å². The Kier molecular flexibility index (Phi) is 6.06. The van der Waals surface area contributed by atoms with E-state index >= 15 is 0 Å². The number of carbonyl (C=O) groups is 2. The van der Waals surface area contributed by atoms with Crippen LogP contribution in [0.15, 0.2) is 30.3 Å². The number of aromatic nitrogens is 2. The number of piperidine rings is 1. The second-order valence-electron chi connectivity index (χ2n) is 8.31. The number of hydrogen-bond acceptors (Lipinski definition) is 5. The SMILES string of the molecule is Cc1ccc(N2CCN(CC(=O)N3CCCC(Oc4cc(C)nc(C)n4)C3)C2=O)cc1. The van der Waals surface area contributed by atoms with Crippen LogP contribution in [0.25, 0.3) is 0 Å². The van der Waals surface area contributed by atoms with E-state index in [0.29, 0.717) is 37.9 Å². The molecular weight excluding hydrogens is 394 g/mol. The molecule has 3 amide bonds. The Morgan fingerprint density at radius 2 is 1.87 bits per heavy atom. The van der Waals surface area contributed by atoms with Crippen molar-refractivity contribution in [3.63, 3.8) is 0 Å². The van der Waals surface area contributed by atoms with Crippen LogP contribution >= 0.6 is 0 Å². The predicted molar refractivity (Wildman–Crippen MR) is 117 cm³/mol. The van der Waals surface area contributed by atoms with Crippen LogP contribution in [0.5, 0.6) is 5.88 Å². The summed E-state index contributed by atoms with van der Waals surface area (Å²) in [5.41, 5.74) is 2.88. The van der Waals surface area contributed by atoms with E-state index in [4.69, 9.17) is 4.74 Å². The fourth-order valence-electron chi connectivity index (χ4n) is 4.13. The van der Waals surface area contributed by atoms with E-state index in [1.165, 1.54) is 0 Å². The molecule has 1 atom stereocenters. The van der Waals surface area contributed by atoms with Gasteiger partial charge in [0.25, 0.3) is 0 Å². The number of aryl methyl sites for hydroxylation is 3. The molecule has 164 valence electrons. The number of anilines is 1. The third kappa shape index (κ3) is 4.95. The van der Waals surface area contributed by atoms with E-state index in [1.54, 1.807) is 14.7 Å². The summed E-state index contributed by atoms with van der Waals surface area (Å²) in [5, 5.41) is 0. The Labute approximate surface area is 182 Å². The van der Waals surface area contributed by atoms with Crippen LogP contribution in [0.3, 0.4) is 0 Å². The molecule has 2 saturated heterocycles. The highest BCUT2D eigenvalue weighted by Gasteiger charge is 2.33. The van der Waals surface area contributed by atoms with Crippen molar-refractivity contribution in [1.29, 1.82) is 0 Å². The molecule has 0 radical (unpaired) electrons. The number of carbonyl (C=O) groups excluding carboxylic acids is 2. The first-order valence-electron chi connectivity index (χ1n) is 10.8. The highest BCUT2D eigenvalue weighted by atomic mass is 16.5. The zero-order valence-corrected chi connectivity index (χ0v) is 18.4. The summed E-state index contributed by atoms with van der Waals surface area (Å²) in [6, 6.07) is 9.57. The Hall–Kier alpha value is -3.16. The summed E-state index contributed by atoms with van der Waals surface area (Å²) in [7, 11) is 0. The van der Waals surface area contributed by atoms with Gasteiger partial charge in [0.15, 0.2) is 0 Å². The van der Waals surface area contributed by atoms with E-state index in [9.17, 15) is 9.59 Å². The maximum atomic E-state index is 12.9.